The van der Waals surface area contributed by atoms with E-state index in [0.717, 1.165) is 10.8 Å². The Morgan fingerprint density at radius 1 is 0.960 bits per heavy atom. The molecule has 0 fully saturated rings. The zero-order valence-corrected chi connectivity index (χ0v) is 13.5. The highest BCUT2D eigenvalue weighted by atomic mass is 32.3. The molecular formula is C17H13NO6S. The van der Waals surface area contributed by atoms with Gasteiger partial charge in [-0.25, -0.2) is 0 Å². The highest BCUT2D eigenvalue weighted by molar-refractivity contribution is 7.81. The van der Waals surface area contributed by atoms with Crippen molar-refractivity contribution in [3.05, 3.63) is 66.2 Å². The summed E-state index contributed by atoms with van der Waals surface area (Å²) in [4.78, 5) is 12.5. The number of para-hydroxylation sites is 2. The van der Waals surface area contributed by atoms with Gasteiger partial charge in [-0.05, 0) is 35.0 Å². The summed E-state index contributed by atoms with van der Waals surface area (Å²) in [6.45, 7) is 0. The summed E-state index contributed by atoms with van der Waals surface area (Å²) < 4.78 is 35.0. The number of anilines is 1. The van der Waals surface area contributed by atoms with Crippen molar-refractivity contribution in [3.8, 4) is 11.5 Å². The van der Waals surface area contributed by atoms with E-state index in [-0.39, 0.29) is 22.7 Å². The molecule has 0 saturated carbocycles. The van der Waals surface area contributed by atoms with E-state index in [1.165, 1.54) is 30.3 Å². The highest BCUT2D eigenvalue weighted by Gasteiger charge is 2.17. The van der Waals surface area contributed by atoms with Crippen LogP contribution in [0.2, 0.25) is 0 Å². The first-order valence-electron chi connectivity index (χ1n) is 7.12. The molecule has 1 amide bonds. The molecule has 128 valence electrons. The van der Waals surface area contributed by atoms with Crippen molar-refractivity contribution in [1.29, 1.82) is 0 Å². The molecule has 0 spiro atoms. The van der Waals surface area contributed by atoms with E-state index in [2.05, 4.69) is 9.50 Å². The number of phenolic OH excluding ortho intramolecular Hbond substituents is 1. The predicted molar refractivity (Wildman–Crippen MR) is 92.2 cm³/mol. The van der Waals surface area contributed by atoms with Gasteiger partial charge in [0, 0.05) is 0 Å². The molecule has 25 heavy (non-hydrogen) atoms. The van der Waals surface area contributed by atoms with Gasteiger partial charge in [-0.1, -0.05) is 36.4 Å². The molecule has 3 rings (SSSR count). The van der Waals surface area contributed by atoms with Crippen LogP contribution in [0.25, 0.3) is 10.8 Å². The minimum atomic E-state index is -4.74. The maximum atomic E-state index is 12.5. The molecule has 0 aliphatic rings. The number of nitrogens with one attached hydrogen (secondary N) is 1. The standard InChI is InChI=1S/C17H13NO6S/c19-15-10-12-6-2-1-5-11(12)9-13(15)17(20)18-14-7-3-4-8-16(14)24-25(21,22)23/h1-10,19H,(H,18,20)(H,21,22,23). The van der Waals surface area contributed by atoms with Crippen LogP contribution in [0, 0.1) is 0 Å². The molecule has 0 aromatic heterocycles. The molecular weight excluding hydrogens is 346 g/mol. The van der Waals surface area contributed by atoms with E-state index in [1.807, 2.05) is 6.07 Å². The van der Waals surface area contributed by atoms with Crippen molar-refractivity contribution in [3.63, 3.8) is 0 Å². The van der Waals surface area contributed by atoms with E-state index in [4.69, 9.17) is 4.55 Å². The number of benzene rings is 3. The van der Waals surface area contributed by atoms with Gasteiger partial charge in [0.1, 0.15) is 5.75 Å². The zero-order valence-electron chi connectivity index (χ0n) is 12.7. The number of fused-ring (bicyclic) bond motifs is 1. The lowest BCUT2D eigenvalue weighted by Gasteiger charge is -2.11. The second-order valence-electron chi connectivity index (χ2n) is 5.18. The third kappa shape index (κ3) is 3.87. The quantitative estimate of drug-likeness (QED) is 0.617. The molecule has 7 nitrogen and oxygen atoms in total. The fourth-order valence-corrected chi connectivity index (χ4v) is 2.73. The van der Waals surface area contributed by atoms with Crippen LogP contribution in [0.15, 0.2) is 60.7 Å². The van der Waals surface area contributed by atoms with Gasteiger partial charge >= 0.3 is 10.4 Å². The van der Waals surface area contributed by atoms with Crippen LogP contribution in [0.3, 0.4) is 0 Å². The number of amides is 1. The lowest BCUT2D eigenvalue weighted by molar-refractivity contribution is 0.102. The molecule has 0 aliphatic carbocycles. The van der Waals surface area contributed by atoms with Crippen LogP contribution in [0.1, 0.15) is 10.4 Å². The summed E-state index contributed by atoms with van der Waals surface area (Å²) in [5.41, 5.74) is 0.0399. The number of carbonyl (C=O) groups excluding carboxylic acids is 1. The third-order valence-electron chi connectivity index (χ3n) is 3.44. The summed E-state index contributed by atoms with van der Waals surface area (Å²) >= 11 is 0. The van der Waals surface area contributed by atoms with Gasteiger partial charge in [0.05, 0.1) is 11.3 Å². The first-order valence-corrected chi connectivity index (χ1v) is 8.49. The number of phenols is 1. The molecule has 0 atom stereocenters. The lowest BCUT2D eigenvalue weighted by Crippen LogP contribution is -2.14. The first kappa shape index (κ1) is 16.7. The summed E-state index contributed by atoms with van der Waals surface area (Å²) in [6.07, 6.45) is 0. The fraction of sp³-hybridized carbons (Fsp3) is 0. The Balaban J connectivity index is 1.94. The third-order valence-corrected chi connectivity index (χ3v) is 3.83. The Labute approximate surface area is 143 Å². The smallest absolute Gasteiger partial charge is 0.446 e. The van der Waals surface area contributed by atoms with Crippen LogP contribution in [0.4, 0.5) is 5.69 Å². The highest BCUT2D eigenvalue weighted by Crippen LogP contribution is 2.29. The second-order valence-corrected chi connectivity index (χ2v) is 6.20. The number of hydrogen-bond donors (Lipinski definition) is 3. The molecule has 0 unspecified atom stereocenters. The minimum absolute atomic E-state index is 0.0142. The van der Waals surface area contributed by atoms with Crippen molar-refractivity contribution in [1.82, 2.24) is 0 Å². The van der Waals surface area contributed by atoms with Crippen molar-refractivity contribution >= 4 is 32.8 Å². The zero-order chi connectivity index (χ0) is 18.0. The van der Waals surface area contributed by atoms with Gasteiger partial charge < -0.3 is 14.6 Å². The largest absolute Gasteiger partial charge is 0.507 e. The van der Waals surface area contributed by atoms with Crippen LogP contribution < -0.4 is 9.50 Å². The van der Waals surface area contributed by atoms with Crippen LogP contribution in [-0.4, -0.2) is 24.0 Å². The Morgan fingerprint density at radius 3 is 2.24 bits per heavy atom. The number of rotatable bonds is 4. The molecule has 3 N–H and O–H groups in total. The van der Waals surface area contributed by atoms with E-state index in [9.17, 15) is 18.3 Å². The first-order chi connectivity index (χ1) is 11.8. The second kappa shape index (κ2) is 6.42. The maximum Gasteiger partial charge on any atom is 0.446 e. The van der Waals surface area contributed by atoms with Crippen molar-refractivity contribution in [2.24, 2.45) is 0 Å². The van der Waals surface area contributed by atoms with Gasteiger partial charge in [-0.15, -0.1) is 0 Å². The number of hydrogen-bond acceptors (Lipinski definition) is 5. The van der Waals surface area contributed by atoms with Crippen molar-refractivity contribution in [2.75, 3.05) is 5.32 Å². The number of carbonyl (C=O) groups is 1. The monoisotopic (exact) mass is 359 g/mol. The normalized spacial score (nSPS) is 11.2. The maximum absolute atomic E-state index is 12.5. The summed E-state index contributed by atoms with van der Waals surface area (Å²) in [5, 5.41) is 14.1. The van der Waals surface area contributed by atoms with Crippen LogP contribution >= 0.6 is 0 Å². The fourth-order valence-electron chi connectivity index (χ4n) is 2.36. The van der Waals surface area contributed by atoms with E-state index in [0.29, 0.717) is 0 Å². The molecule has 3 aromatic rings. The van der Waals surface area contributed by atoms with Crippen LogP contribution in [-0.2, 0) is 10.4 Å². The van der Waals surface area contributed by atoms with Crippen molar-refractivity contribution < 1.29 is 27.1 Å². The molecule has 0 radical (unpaired) electrons. The Hall–Kier alpha value is -3.10. The van der Waals surface area contributed by atoms with Crippen LogP contribution in [0.5, 0.6) is 11.5 Å². The topological polar surface area (TPSA) is 113 Å². The summed E-state index contributed by atoms with van der Waals surface area (Å²) in [5.74, 6) is -1.13. The minimum Gasteiger partial charge on any atom is -0.507 e. The Bertz CT molecular complexity index is 1060. The molecule has 3 aromatic carbocycles. The molecule has 0 heterocycles. The Morgan fingerprint density at radius 2 is 1.56 bits per heavy atom. The van der Waals surface area contributed by atoms with Gasteiger partial charge in [0.15, 0.2) is 5.75 Å². The Kier molecular flexibility index (Phi) is 4.30. The van der Waals surface area contributed by atoms with E-state index in [1.54, 1.807) is 24.3 Å². The average Bonchev–Trinajstić information content (AvgIpc) is 2.54. The van der Waals surface area contributed by atoms with Gasteiger partial charge in [0.25, 0.3) is 5.91 Å². The summed E-state index contributed by atoms with van der Waals surface area (Å²) in [7, 11) is -4.74. The van der Waals surface area contributed by atoms with Gasteiger partial charge in [-0.3, -0.25) is 9.35 Å². The molecule has 0 aliphatic heterocycles. The predicted octanol–water partition coefficient (Wildman–Crippen LogP) is 2.98. The van der Waals surface area contributed by atoms with E-state index < -0.39 is 16.3 Å². The molecule has 8 heteroatoms. The summed E-state index contributed by atoms with van der Waals surface area (Å²) in [6, 6.07) is 15.9. The van der Waals surface area contributed by atoms with Crippen molar-refractivity contribution in [2.45, 2.75) is 0 Å². The lowest BCUT2D eigenvalue weighted by atomic mass is 10.1. The molecule has 0 saturated heterocycles. The van der Waals surface area contributed by atoms with Gasteiger partial charge in [-0.2, -0.15) is 8.42 Å². The van der Waals surface area contributed by atoms with Gasteiger partial charge in [0.2, 0.25) is 0 Å². The van der Waals surface area contributed by atoms with E-state index >= 15 is 0 Å². The average molecular weight is 359 g/mol. The molecule has 0 bridgehead atoms. The SMILES string of the molecule is O=C(Nc1ccccc1OS(=O)(=O)O)c1cc2ccccc2cc1O. The number of aromatic hydroxyl groups is 1.